The molecule has 0 aromatic heterocycles. The smallest absolute Gasteiger partial charge is 0.189 e. The zero-order valence-electron chi connectivity index (χ0n) is 15.4. The summed E-state index contributed by atoms with van der Waals surface area (Å²) in [4.78, 5) is 12.6. The fraction of sp³-hybridized carbons (Fsp3) is 0.125. The van der Waals surface area contributed by atoms with Crippen LogP contribution in [0.25, 0.3) is 6.08 Å². The SMILES string of the molecule is COc1cc(/C=C2\Cc3ccccc3C2=O)cc(I)c1OCc1ccccc1. The minimum Gasteiger partial charge on any atom is -0.493 e. The van der Waals surface area contributed by atoms with Gasteiger partial charge in [-0.05, 0) is 57.5 Å². The molecule has 140 valence electrons. The van der Waals surface area contributed by atoms with Gasteiger partial charge in [0.05, 0.1) is 10.7 Å². The number of hydrogen-bond donors (Lipinski definition) is 0. The van der Waals surface area contributed by atoms with Gasteiger partial charge in [-0.3, -0.25) is 4.79 Å². The van der Waals surface area contributed by atoms with E-state index in [0.29, 0.717) is 18.8 Å². The lowest BCUT2D eigenvalue weighted by Crippen LogP contribution is -2.00. The Hall–Kier alpha value is -2.60. The molecular weight excluding hydrogens is 463 g/mol. The van der Waals surface area contributed by atoms with Crippen molar-refractivity contribution in [2.45, 2.75) is 13.0 Å². The van der Waals surface area contributed by atoms with Crippen LogP contribution >= 0.6 is 22.6 Å². The van der Waals surface area contributed by atoms with Gasteiger partial charge in [-0.1, -0.05) is 54.6 Å². The average molecular weight is 482 g/mol. The molecule has 0 spiro atoms. The number of ether oxygens (including phenoxy) is 2. The molecule has 0 saturated heterocycles. The van der Waals surface area contributed by atoms with Crippen molar-refractivity contribution in [1.82, 2.24) is 0 Å². The van der Waals surface area contributed by atoms with Crippen molar-refractivity contribution in [2.75, 3.05) is 7.11 Å². The molecule has 4 heteroatoms. The van der Waals surface area contributed by atoms with E-state index in [0.717, 1.165) is 37.1 Å². The van der Waals surface area contributed by atoms with Crippen LogP contribution in [0.15, 0.2) is 72.3 Å². The van der Waals surface area contributed by atoms with Gasteiger partial charge in [0.25, 0.3) is 0 Å². The molecule has 3 nitrogen and oxygen atoms in total. The van der Waals surface area contributed by atoms with Crippen molar-refractivity contribution in [2.24, 2.45) is 0 Å². The van der Waals surface area contributed by atoms with E-state index in [2.05, 4.69) is 22.6 Å². The normalized spacial score (nSPS) is 14.2. The Balaban J connectivity index is 1.60. The lowest BCUT2D eigenvalue weighted by molar-refractivity contribution is 0.104. The molecular formula is C24H19IO3. The summed E-state index contributed by atoms with van der Waals surface area (Å²) in [5, 5.41) is 0. The molecule has 3 aromatic rings. The molecule has 0 unspecified atom stereocenters. The number of ketones is 1. The van der Waals surface area contributed by atoms with E-state index in [1.807, 2.05) is 72.8 Å². The van der Waals surface area contributed by atoms with Gasteiger partial charge in [0.1, 0.15) is 6.61 Å². The second-order valence-corrected chi connectivity index (χ2v) is 7.80. The number of fused-ring (bicyclic) bond motifs is 1. The third kappa shape index (κ3) is 3.83. The molecule has 0 atom stereocenters. The largest absolute Gasteiger partial charge is 0.493 e. The molecule has 0 aliphatic heterocycles. The number of halogens is 1. The third-order valence-electron chi connectivity index (χ3n) is 4.75. The summed E-state index contributed by atoms with van der Waals surface area (Å²) in [6.07, 6.45) is 2.62. The molecule has 1 aliphatic carbocycles. The maximum Gasteiger partial charge on any atom is 0.189 e. The quantitative estimate of drug-likeness (QED) is 0.346. The lowest BCUT2D eigenvalue weighted by atomic mass is 10.1. The van der Waals surface area contributed by atoms with E-state index in [1.54, 1.807) is 7.11 Å². The maximum atomic E-state index is 12.6. The number of Topliss-reactive ketones (excluding diaryl/α,β-unsaturated/α-hetero) is 1. The van der Waals surface area contributed by atoms with Crippen molar-refractivity contribution in [3.63, 3.8) is 0 Å². The zero-order valence-corrected chi connectivity index (χ0v) is 17.6. The third-order valence-corrected chi connectivity index (χ3v) is 5.55. The first-order chi connectivity index (χ1) is 13.7. The van der Waals surface area contributed by atoms with E-state index >= 15 is 0 Å². The molecule has 0 fully saturated rings. The zero-order chi connectivity index (χ0) is 19.5. The van der Waals surface area contributed by atoms with Crippen LogP contribution in [-0.2, 0) is 13.0 Å². The predicted octanol–water partition coefficient (Wildman–Crippen LogP) is 5.70. The van der Waals surface area contributed by atoms with Gasteiger partial charge in [-0.15, -0.1) is 0 Å². The molecule has 0 amide bonds. The van der Waals surface area contributed by atoms with E-state index in [9.17, 15) is 4.79 Å². The van der Waals surface area contributed by atoms with Crippen LogP contribution < -0.4 is 9.47 Å². The summed E-state index contributed by atoms with van der Waals surface area (Å²) in [6.45, 7) is 0.474. The van der Waals surface area contributed by atoms with Crippen LogP contribution in [0, 0.1) is 3.57 Å². The maximum absolute atomic E-state index is 12.6. The fourth-order valence-electron chi connectivity index (χ4n) is 3.37. The number of hydrogen-bond acceptors (Lipinski definition) is 3. The number of carbonyl (C=O) groups excluding carboxylic acids is 1. The van der Waals surface area contributed by atoms with Crippen LogP contribution in [0.1, 0.15) is 27.0 Å². The average Bonchev–Trinajstić information content (AvgIpc) is 3.03. The Morgan fingerprint density at radius 2 is 1.79 bits per heavy atom. The van der Waals surface area contributed by atoms with Gasteiger partial charge in [0.2, 0.25) is 0 Å². The van der Waals surface area contributed by atoms with Crippen LogP contribution in [0.2, 0.25) is 0 Å². The van der Waals surface area contributed by atoms with Crippen molar-refractivity contribution in [1.29, 1.82) is 0 Å². The Morgan fingerprint density at radius 1 is 1.04 bits per heavy atom. The summed E-state index contributed by atoms with van der Waals surface area (Å²) in [5.41, 5.74) is 4.73. The molecule has 28 heavy (non-hydrogen) atoms. The van der Waals surface area contributed by atoms with E-state index in [1.165, 1.54) is 0 Å². The summed E-state index contributed by atoms with van der Waals surface area (Å²) in [7, 11) is 1.63. The molecule has 4 rings (SSSR count). The molecule has 0 saturated carbocycles. The van der Waals surface area contributed by atoms with Crippen LogP contribution in [-0.4, -0.2) is 12.9 Å². The van der Waals surface area contributed by atoms with Crippen LogP contribution in [0.5, 0.6) is 11.5 Å². The topological polar surface area (TPSA) is 35.5 Å². The van der Waals surface area contributed by atoms with Crippen LogP contribution in [0.4, 0.5) is 0 Å². The van der Waals surface area contributed by atoms with E-state index in [4.69, 9.17) is 9.47 Å². The second kappa shape index (κ2) is 8.19. The van der Waals surface area contributed by atoms with Crippen molar-refractivity contribution < 1.29 is 14.3 Å². The standard InChI is InChI=1S/C24H19IO3/c1-27-22-13-17(11-19-14-18-9-5-6-10-20(18)23(19)26)12-21(25)24(22)28-15-16-7-3-2-4-8-16/h2-13H,14-15H2,1H3/b19-11+. The Morgan fingerprint density at radius 3 is 2.54 bits per heavy atom. The van der Waals surface area contributed by atoms with Crippen molar-refractivity contribution in [3.05, 3.63) is 98.1 Å². The van der Waals surface area contributed by atoms with Gasteiger partial charge >= 0.3 is 0 Å². The van der Waals surface area contributed by atoms with E-state index in [-0.39, 0.29) is 5.78 Å². The fourth-order valence-corrected chi connectivity index (χ4v) is 4.15. The summed E-state index contributed by atoms with van der Waals surface area (Å²) < 4.78 is 12.5. The molecule has 3 aromatic carbocycles. The van der Waals surface area contributed by atoms with Gasteiger partial charge in [0.15, 0.2) is 17.3 Å². The van der Waals surface area contributed by atoms with Crippen molar-refractivity contribution in [3.8, 4) is 11.5 Å². The summed E-state index contributed by atoms with van der Waals surface area (Å²) in [6, 6.07) is 21.8. The molecule has 0 heterocycles. The van der Waals surface area contributed by atoms with Crippen LogP contribution in [0.3, 0.4) is 0 Å². The molecule has 0 N–H and O–H groups in total. The highest BCUT2D eigenvalue weighted by Gasteiger charge is 2.24. The van der Waals surface area contributed by atoms with Gasteiger partial charge in [-0.25, -0.2) is 0 Å². The van der Waals surface area contributed by atoms with E-state index < -0.39 is 0 Å². The molecule has 1 aliphatic rings. The first-order valence-electron chi connectivity index (χ1n) is 9.03. The first-order valence-corrected chi connectivity index (χ1v) is 10.1. The Kier molecular flexibility index (Phi) is 5.48. The number of rotatable bonds is 5. The van der Waals surface area contributed by atoms with Gasteiger partial charge in [-0.2, -0.15) is 0 Å². The number of carbonyl (C=O) groups is 1. The minimum atomic E-state index is 0.106. The first kappa shape index (κ1) is 18.7. The highest BCUT2D eigenvalue weighted by atomic mass is 127. The van der Waals surface area contributed by atoms with Gasteiger partial charge < -0.3 is 9.47 Å². The van der Waals surface area contributed by atoms with Gasteiger partial charge in [0, 0.05) is 17.6 Å². The highest BCUT2D eigenvalue weighted by Crippen LogP contribution is 2.36. The van der Waals surface area contributed by atoms with Crippen molar-refractivity contribution >= 4 is 34.5 Å². The number of methoxy groups -OCH3 is 1. The number of allylic oxidation sites excluding steroid dienone is 1. The molecule has 0 radical (unpaired) electrons. The Bertz CT molecular complexity index is 1050. The molecule has 0 bridgehead atoms. The summed E-state index contributed by atoms with van der Waals surface area (Å²) >= 11 is 2.25. The minimum absolute atomic E-state index is 0.106. The second-order valence-electron chi connectivity index (χ2n) is 6.64. The predicted molar refractivity (Wildman–Crippen MR) is 119 cm³/mol. The Labute approximate surface area is 178 Å². The highest BCUT2D eigenvalue weighted by molar-refractivity contribution is 14.1. The monoisotopic (exact) mass is 482 g/mol. The summed E-state index contributed by atoms with van der Waals surface area (Å²) in [5.74, 6) is 1.49. The lowest BCUT2D eigenvalue weighted by Gasteiger charge is -2.14. The number of benzene rings is 3.